The van der Waals surface area contributed by atoms with E-state index in [2.05, 4.69) is 0 Å². The molecule has 0 heterocycles. The Balaban J connectivity index is 3.69. The van der Waals surface area contributed by atoms with E-state index in [0.29, 0.717) is 6.42 Å². The van der Waals surface area contributed by atoms with Crippen molar-refractivity contribution in [1.82, 2.24) is 0 Å². The summed E-state index contributed by atoms with van der Waals surface area (Å²) in [7, 11) is -4.22. The Labute approximate surface area is 92.2 Å². The van der Waals surface area contributed by atoms with E-state index >= 15 is 0 Å². The van der Waals surface area contributed by atoms with E-state index in [1.807, 2.05) is 0 Å². The van der Waals surface area contributed by atoms with Gasteiger partial charge in [-0.25, -0.2) is 8.42 Å². The zero-order chi connectivity index (χ0) is 11.9. The Hall–Kier alpha value is -0.430. The second-order valence-corrected chi connectivity index (χ2v) is 7.25. The summed E-state index contributed by atoms with van der Waals surface area (Å²) in [4.78, 5) is 10.2. The second-order valence-electron chi connectivity index (χ2n) is 3.08. The lowest BCUT2D eigenvalue weighted by Gasteiger charge is -2.01. The molecule has 0 aromatic rings. The van der Waals surface area contributed by atoms with Crippen LogP contribution in [0.2, 0.25) is 0 Å². The Morgan fingerprint density at radius 2 is 1.93 bits per heavy atom. The number of sulfone groups is 1. The molecule has 1 unspecified atom stereocenters. The fourth-order valence-corrected chi connectivity index (χ4v) is 3.02. The summed E-state index contributed by atoms with van der Waals surface area (Å²) in [5, 5.41) is 8.32. The van der Waals surface area contributed by atoms with Gasteiger partial charge in [-0.3, -0.25) is 9.00 Å². The van der Waals surface area contributed by atoms with E-state index in [0.717, 1.165) is 0 Å². The molecule has 0 rings (SSSR count). The summed E-state index contributed by atoms with van der Waals surface area (Å²) >= 11 is 0. The van der Waals surface area contributed by atoms with Crippen LogP contribution < -0.4 is 0 Å². The van der Waals surface area contributed by atoms with Gasteiger partial charge in [-0.2, -0.15) is 0 Å². The fraction of sp³-hybridized carbons (Fsp3) is 0.875. The van der Waals surface area contributed by atoms with Gasteiger partial charge in [-0.1, -0.05) is 6.92 Å². The van der Waals surface area contributed by atoms with E-state index in [4.69, 9.17) is 5.11 Å². The molecule has 0 amide bonds. The monoisotopic (exact) mass is 256 g/mol. The van der Waals surface area contributed by atoms with E-state index in [9.17, 15) is 17.4 Å². The normalized spacial score (nSPS) is 13.7. The molecule has 5 nitrogen and oxygen atoms in total. The predicted molar refractivity (Wildman–Crippen MR) is 59.1 cm³/mol. The predicted octanol–water partition coefficient (Wildman–Crippen LogP) is 0.0346. The van der Waals surface area contributed by atoms with Crippen LogP contribution in [0.4, 0.5) is 0 Å². The van der Waals surface area contributed by atoms with Crippen LogP contribution in [-0.2, 0) is 25.4 Å². The number of aliphatic carboxylic acids is 1. The highest BCUT2D eigenvalue weighted by molar-refractivity contribution is 7.91. The Bertz CT molecular complexity index is 320. The average molecular weight is 256 g/mol. The second kappa shape index (κ2) is 6.95. The van der Waals surface area contributed by atoms with Gasteiger partial charge in [0, 0.05) is 28.1 Å². The van der Waals surface area contributed by atoms with Gasteiger partial charge in [0.1, 0.15) is 9.84 Å². The zero-order valence-electron chi connectivity index (χ0n) is 8.64. The average Bonchev–Trinajstić information content (AvgIpc) is 2.14. The minimum atomic E-state index is -3.00. The minimum absolute atomic E-state index is 0.0301. The molecule has 0 spiro atoms. The van der Waals surface area contributed by atoms with E-state index in [-0.39, 0.29) is 29.4 Å². The van der Waals surface area contributed by atoms with Crippen LogP contribution in [0.3, 0.4) is 0 Å². The van der Waals surface area contributed by atoms with Gasteiger partial charge in [-0.15, -0.1) is 0 Å². The van der Waals surface area contributed by atoms with Crippen molar-refractivity contribution in [2.45, 2.75) is 19.8 Å². The molecule has 0 fully saturated rings. The van der Waals surface area contributed by atoms with Gasteiger partial charge in [-0.05, 0) is 6.42 Å². The van der Waals surface area contributed by atoms with Gasteiger partial charge < -0.3 is 5.11 Å². The van der Waals surface area contributed by atoms with Gasteiger partial charge in [0.25, 0.3) is 0 Å². The van der Waals surface area contributed by atoms with Gasteiger partial charge >= 0.3 is 5.97 Å². The third-order valence-corrected chi connectivity index (χ3v) is 5.00. The molecule has 0 aromatic carbocycles. The van der Waals surface area contributed by atoms with Crippen LogP contribution in [0, 0.1) is 0 Å². The van der Waals surface area contributed by atoms with E-state index < -0.39 is 26.6 Å². The van der Waals surface area contributed by atoms with Crippen molar-refractivity contribution < 1.29 is 22.5 Å². The lowest BCUT2D eigenvalue weighted by molar-refractivity contribution is -0.136. The molecular formula is C8H16O5S2. The lowest BCUT2D eigenvalue weighted by atomic mass is 10.5. The highest BCUT2D eigenvalue weighted by Gasteiger charge is 2.09. The smallest absolute Gasteiger partial charge is 0.304 e. The maximum absolute atomic E-state index is 11.2. The molecule has 0 saturated heterocycles. The SMILES string of the molecule is CCS(=O)(=O)CCCS(=O)CCC(=O)O. The highest BCUT2D eigenvalue weighted by Crippen LogP contribution is 1.97. The summed E-state index contributed by atoms with van der Waals surface area (Å²) in [6.45, 7) is 1.57. The first-order chi connectivity index (χ1) is 6.87. The van der Waals surface area contributed by atoms with Crippen LogP contribution in [0.15, 0.2) is 0 Å². The van der Waals surface area contributed by atoms with Crippen LogP contribution in [0.1, 0.15) is 19.8 Å². The molecule has 0 radical (unpaired) electrons. The summed E-state index contributed by atoms with van der Waals surface area (Å²) < 4.78 is 33.3. The van der Waals surface area contributed by atoms with Crippen LogP contribution in [-0.4, -0.2) is 46.7 Å². The number of carbonyl (C=O) groups is 1. The van der Waals surface area contributed by atoms with Crippen molar-refractivity contribution in [3.8, 4) is 0 Å². The molecule has 15 heavy (non-hydrogen) atoms. The first kappa shape index (κ1) is 14.6. The maximum Gasteiger partial charge on any atom is 0.304 e. The molecule has 0 aliphatic heterocycles. The summed E-state index contributed by atoms with van der Waals surface area (Å²) in [5.74, 6) is -0.505. The van der Waals surface area contributed by atoms with Gasteiger partial charge in [0.15, 0.2) is 0 Å². The quantitative estimate of drug-likeness (QED) is 0.662. The lowest BCUT2D eigenvalue weighted by Crippen LogP contribution is -2.13. The Kier molecular flexibility index (Phi) is 6.75. The number of carboxylic acids is 1. The van der Waals surface area contributed by atoms with E-state index in [1.165, 1.54) is 0 Å². The standard InChI is InChI=1S/C8H16O5S2/c1-2-15(12,13)7-3-5-14(11)6-4-8(9)10/h2-7H2,1H3,(H,9,10). The van der Waals surface area contributed by atoms with Crippen LogP contribution >= 0.6 is 0 Å². The number of hydrogen-bond acceptors (Lipinski definition) is 4. The molecule has 0 saturated carbocycles. The first-order valence-electron chi connectivity index (χ1n) is 4.64. The molecule has 1 atom stereocenters. The van der Waals surface area contributed by atoms with E-state index in [1.54, 1.807) is 6.92 Å². The van der Waals surface area contributed by atoms with Crippen molar-refractivity contribution in [2.75, 3.05) is 23.0 Å². The minimum Gasteiger partial charge on any atom is -0.481 e. The first-order valence-corrected chi connectivity index (χ1v) is 7.95. The maximum atomic E-state index is 11.2. The van der Waals surface area contributed by atoms with Crippen LogP contribution in [0.5, 0.6) is 0 Å². The molecule has 1 N–H and O–H groups in total. The van der Waals surface area contributed by atoms with Crippen molar-refractivity contribution in [2.24, 2.45) is 0 Å². The molecular weight excluding hydrogens is 240 g/mol. The largest absolute Gasteiger partial charge is 0.481 e. The Morgan fingerprint density at radius 1 is 1.33 bits per heavy atom. The van der Waals surface area contributed by atoms with Crippen molar-refractivity contribution >= 4 is 26.6 Å². The third kappa shape index (κ3) is 8.56. The topological polar surface area (TPSA) is 88.5 Å². The molecule has 0 aromatic heterocycles. The molecule has 0 aliphatic carbocycles. The summed E-state index contributed by atoms with van der Waals surface area (Å²) in [5.41, 5.74) is 0. The third-order valence-electron chi connectivity index (χ3n) is 1.81. The zero-order valence-corrected chi connectivity index (χ0v) is 10.3. The summed E-state index contributed by atoms with van der Waals surface area (Å²) in [6, 6.07) is 0. The van der Waals surface area contributed by atoms with Gasteiger partial charge in [0.2, 0.25) is 0 Å². The fourth-order valence-electron chi connectivity index (χ4n) is 0.887. The number of hydrogen-bond donors (Lipinski definition) is 1. The van der Waals surface area contributed by atoms with Crippen LogP contribution in [0.25, 0.3) is 0 Å². The van der Waals surface area contributed by atoms with Crippen molar-refractivity contribution in [3.05, 3.63) is 0 Å². The molecule has 0 bridgehead atoms. The highest BCUT2D eigenvalue weighted by atomic mass is 32.2. The van der Waals surface area contributed by atoms with Crippen molar-refractivity contribution in [1.29, 1.82) is 0 Å². The number of carboxylic acid groups (broad SMARTS) is 1. The molecule has 90 valence electrons. The molecule has 0 aliphatic rings. The van der Waals surface area contributed by atoms with Crippen molar-refractivity contribution in [3.63, 3.8) is 0 Å². The van der Waals surface area contributed by atoms with Gasteiger partial charge in [0.05, 0.1) is 12.2 Å². The number of rotatable bonds is 8. The summed E-state index contributed by atoms with van der Waals surface area (Å²) in [6.07, 6.45) is 0.204. The molecule has 7 heteroatoms. The Morgan fingerprint density at radius 3 is 2.40 bits per heavy atom.